The minimum atomic E-state index is 0.000810. The first-order valence-electron chi connectivity index (χ1n) is 10.6. The Labute approximate surface area is 195 Å². The Morgan fingerprint density at radius 3 is 2.41 bits per heavy atom. The lowest BCUT2D eigenvalue weighted by Crippen LogP contribution is -2.48. The van der Waals surface area contributed by atoms with E-state index < -0.39 is 0 Å². The van der Waals surface area contributed by atoms with Crippen molar-refractivity contribution in [2.24, 2.45) is 0 Å². The largest absolute Gasteiger partial charge is 0.336 e. The summed E-state index contributed by atoms with van der Waals surface area (Å²) in [7, 11) is 0. The SMILES string of the molecule is O=C(c1c[nH]c(=S)n1-c1ccccc1)N1CCN(Cc2csc(-c3ccccc3)n2)CC1. The smallest absolute Gasteiger partial charge is 0.272 e. The van der Waals surface area contributed by atoms with Crippen molar-refractivity contribution in [3.63, 3.8) is 0 Å². The maximum absolute atomic E-state index is 13.2. The van der Waals surface area contributed by atoms with Crippen molar-refractivity contribution in [2.75, 3.05) is 26.2 Å². The monoisotopic (exact) mass is 461 g/mol. The van der Waals surface area contributed by atoms with Crippen LogP contribution in [0.2, 0.25) is 0 Å². The lowest BCUT2D eigenvalue weighted by atomic mass is 10.2. The quantitative estimate of drug-likeness (QED) is 0.441. The molecule has 1 fully saturated rings. The molecule has 162 valence electrons. The van der Waals surface area contributed by atoms with Crippen LogP contribution in [0.4, 0.5) is 0 Å². The second kappa shape index (κ2) is 9.20. The highest BCUT2D eigenvalue weighted by atomic mass is 32.1. The van der Waals surface area contributed by atoms with Crippen LogP contribution in [0.5, 0.6) is 0 Å². The predicted octanol–water partition coefficient (Wildman–Crippen LogP) is 4.62. The summed E-state index contributed by atoms with van der Waals surface area (Å²) >= 11 is 7.10. The lowest BCUT2D eigenvalue weighted by Gasteiger charge is -2.34. The second-order valence-corrected chi connectivity index (χ2v) is 8.97. The third-order valence-electron chi connectivity index (χ3n) is 5.63. The number of hydrogen-bond donors (Lipinski definition) is 1. The van der Waals surface area contributed by atoms with Gasteiger partial charge in [0.2, 0.25) is 0 Å². The molecule has 1 saturated heterocycles. The fourth-order valence-electron chi connectivity index (χ4n) is 3.95. The molecule has 5 rings (SSSR count). The number of para-hydroxylation sites is 1. The molecule has 1 N–H and O–H groups in total. The summed E-state index contributed by atoms with van der Waals surface area (Å²) in [6.45, 7) is 3.80. The van der Waals surface area contributed by atoms with E-state index >= 15 is 0 Å². The fourth-order valence-corrected chi connectivity index (χ4v) is 5.03. The van der Waals surface area contributed by atoms with Crippen molar-refractivity contribution in [2.45, 2.75) is 6.54 Å². The Morgan fingerprint density at radius 2 is 1.69 bits per heavy atom. The Morgan fingerprint density at radius 1 is 1.00 bits per heavy atom. The number of amides is 1. The summed E-state index contributed by atoms with van der Waals surface area (Å²) < 4.78 is 2.33. The molecule has 3 heterocycles. The van der Waals surface area contributed by atoms with Crippen LogP contribution in [0, 0.1) is 4.77 Å². The van der Waals surface area contributed by atoms with Crippen molar-refractivity contribution < 1.29 is 4.79 Å². The van der Waals surface area contributed by atoms with E-state index in [9.17, 15) is 4.79 Å². The van der Waals surface area contributed by atoms with Crippen molar-refractivity contribution in [1.29, 1.82) is 0 Å². The molecule has 8 heteroatoms. The number of aromatic amines is 1. The van der Waals surface area contributed by atoms with Gasteiger partial charge in [-0.15, -0.1) is 11.3 Å². The first-order valence-corrected chi connectivity index (χ1v) is 11.8. The zero-order chi connectivity index (χ0) is 21.9. The van der Waals surface area contributed by atoms with E-state index in [0.717, 1.165) is 41.6 Å². The average Bonchev–Trinajstić information content (AvgIpc) is 3.47. The van der Waals surface area contributed by atoms with Crippen LogP contribution >= 0.6 is 23.6 Å². The van der Waals surface area contributed by atoms with Crippen molar-refractivity contribution in [1.82, 2.24) is 24.3 Å². The molecule has 0 bridgehead atoms. The number of nitrogens with zero attached hydrogens (tertiary/aromatic N) is 4. The van der Waals surface area contributed by atoms with Crippen molar-refractivity contribution in [3.8, 4) is 16.3 Å². The molecule has 2 aromatic carbocycles. The molecule has 32 heavy (non-hydrogen) atoms. The van der Waals surface area contributed by atoms with Gasteiger partial charge >= 0.3 is 0 Å². The molecule has 0 spiro atoms. The van der Waals surface area contributed by atoms with Crippen molar-refractivity contribution >= 4 is 29.5 Å². The van der Waals surface area contributed by atoms with Gasteiger partial charge < -0.3 is 9.88 Å². The minimum absolute atomic E-state index is 0.000810. The van der Waals surface area contributed by atoms with Crippen LogP contribution in [0.25, 0.3) is 16.3 Å². The van der Waals surface area contributed by atoms with E-state index in [0.29, 0.717) is 23.6 Å². The first-order chi connectivity index (χ1) is 15.7. The Bertz CT molecular complexity index is 1250. The van der Waals surface area contributed by atoms with Crippen LogP contribution < -0.4 is 0 Å². The van der Waals surface area contributed by atoms with Gasteiger partial charge in [0.1, 0.15) is 10.7 Å². The molecule has 1 amide bonds. The number of H-pyrrole nitrogens is 1. The number of imidazole rings is 1. The van der Waals surface area contributed by atoms with Gasteiger partial charge in [0.25, 0.3) is 5.91 Å². The molecule has 0 unspecified atom stereocenters. The van der Waals surface area contributed by atoms with Gasteiger partial charge in [0.05, 0.1) is 5.69 Å². The summed E-state index contributed by atoms with van der Waals surface area (Å²) in [6.07, 6.45) is 1.71. The molecule has 1 aliphatic rings. The molecular formula is C24H23N5OS2. The van der Waals surface area contributed by atoms with Gasteiger partial charge in [-0.2, -0.15) is 0 Å². The van der Waals surface area contributed by atoms with Gasteiger partial charge in [0, 0.05) is 55.6 Å². The summed E-state index contributed by atoms with van der Waals surface area (Å²) in [4.78, 5) is 25.3. The molecule has 4 aromatic rings. The number of nitrogens with one attached hydrogen (secondary N) is 1. The van der Waals surface area contributed by atoms with E-state index in [-0.39, 0.29) is 5.91 Å². The second-order valence-electron chi connectivity index (χ2n) is 7.73. The van der Waals surface area contributed by atoms with Gasteiger partial charge in [-0.1, -0.05) is 48.5 Å². The molecule has 6 nitrogen and oxygen atoms in total. The van der Waals surface area contributed by atoms with E-state index in [4.69, 9.17) is 17.2 Å². The van der Waals surface area contributed by atoms with Gasteiger partial charge in [-0.3, -0.25) is 14.3 Å². The predicted molar refractivity (Wildman–Crippen MR) is 130 cm³/mol. The number of piperazine rings is 1. The molecular weight excluding hydrogens is 438 g/mol. The van der Waals surface area contributed by atoms with Crippen LogP contribution in [-0.4, -0.2) is 56.4 Å². The molecule has 0 saturated carbocycles. The Balaban J connectivity index is 1.23. The normalized spacial score (nSPS) is 14.6. The molecule has 0 radical (unpaired) electrons. The summed E-state index contributed by atoms with van der Waals surface area (Å²) in [5.41, 5.74) is 3.69. The first kappa shape index (κ1) is 20.8. The highest BCUT2D eigenvalue weighted by Gasteiger charge is 2.25. The van der Waals surface area contributed by atoms with Crippen LogP contribution in [0.15, 0.2) is 72.2 Å². The van der Waals surface area contributed by atoms with E-state index in [1.807, 2.05) is 58.0 Å². The third-order valence-corrected chi connectivity index (χ3v) is 6.87. The summed E-state index contributed by atoms with van der Waals surface area (Å²) in [5, 5.41) is 3.18. The number of hydrogen-bond acceptors (Lipinski definition) is 5. The number of carbonyl (C=O) groups is 1. The van der Waals surface area contributed by atoms with Crippen LogP contribution in [-0.2, 0) is 6.54 Å². The number of benzene rings is 2. The minimum Gasteiger partial charge on any atom is -0.336 e. The molecule has 0 atom stereocenters. The zero-order valence-electron chi connectivity index (χ0n) is 17.5. The average molecular weight is 462 g/mol. The van der Waals surface area contributed by atoms with Crippen LogP contribution in [0.1, 0.15) is 16.2 Å². The number of aromatic nitrogens is 3. The van der Waals surface area contributed by atoms with Crippen LogP contribution in [0.3, 0.4) is 0 Å². The molecule has 1 aliphatic heterocycles. The van der Waals surface area contributed by atoms with Gasteiger partial charge in [0.15, 0.2) is 4.77 Å². The van der Waals surface area contributed by atoms with E-state index in [1.54, 1.807) is 17.5 Å². The highest BCUT2D eigenvalue weighted by molar-refractivity contribution is 7.71. The number of rotatable bonds is 5. The topological polar surface area (TPSA) is 57.2 Å². The maximum atomic E-state index is 13.2. The summed E-state index contributed by atoms with van der Waals surface area (Å²) in [5.74, 6) is 0.000810. The lowest BCUT2D eigenvalue weighted by molar-refractivity contribution is 0.0619. The fraction of sp³-hybridized carbons (Fsp3) is 0.208. The summed E-state index contributed by atoms with van der Waals surface area (Å²) in [6, 6.07) is 20.0. The standard InChI is InChI=1S/C24H23N5OS2/c30-23(21-15-25-24(31)29(21)20-9-5-2-6-10-20)28-13-11-27(12-14-28)16-19-17-32-22(26-19)18-7-3-1-4-8-18/h1-10,15,17H,11-14,16H2,(H,25,31). The number of thiazole rings is 1. The molecule has 2 aromatic heterocycles. The Hall–Kier alpha value is -3.07. The number of carbonyl (C=O) groups excluding carboxylic acids is 1. The van der Waals surface area contributed by atoms with Crippen molar-refractivity contribution in [3.05, 3.63) is 88.4 Å². The zero-order valence-corrected chi connectivity index (χ0v) is 19.1. The van der Waals surface area contributed by atoms with E-state index in [2.05, 4.69) is 27.4 Å². The molecule has 0 aliphatic carbocycles. The maximum Gasteiger partial charge on any atom is 0.272 e. The van der Waals surface area contributed by atoms with Gasteiger partial charge in [-0.25, -0.2) is 4.98 Å². The third kappa shape index (κ3) is 4.29. The Kier molecular flexibility index (Phi) is 5.98. The highest BCUT2D eigenvalue weighted by Crippen LogP contribution is 2.24. The van der Waals surface area contributed by atoms with Gasteiger partial charge in [-0.05, 0) is 24.4 Å². The van der Waals surface area contributed by atoms with E-state index in [1.165, 1.54) is 0 Å².